The number of hydrogen-bond acceptors (Lipinski definition) is 6. The maximum atomic E-state index is 13.7. The molecule has 5 rings (SSSR count). The molecule has 188 valence electrons. The van der Waals surface area contributed by atoms with Gasteiger partial charge < -0.3 is 18.9 Å². The standard InChI is InChI=1S/C27H28N2O6S/c1-27(2,3)20-6-8-22(9-7-20)36(31,32)29(17-21-5-4-10-33-21)16-19-13-18-14-24-25(35-12-11-34-24)15-23(18)28-26(19)30/h4-10,13-15H,11-12,16-17H2,1-3H3,(H,28,30). The minimum Gasteiger partial charge on any atom is -0.486 e. The number of nitrogens with one attached hydrogen (secondary N) is 1. The van der Waals surface area contributed by atoms with Gasteiger partial charge in [0, 0.05) is 23.6 Å². The molecule has 1 aliphatic rings. The summed E-state index contributed by atoms with van der Waals surface area (Å²) in [5, 5.41) is 0.721. The lowest BCUT2D eigenvalue weighted by Gasteiger charge is -2.23. The number of furan rings is 1. The predicted molar refractivity (Wildman–Crippen MR) is 136 cm³/mol. The Hall–Kier alpha value is -3.56. The molecule has 0 spiro atoms. The molecule has 0 saturated heterocycles. The highest BCUT2D eigenvalue weighted by Gasteiger charge is 2.28. The summed E-state index contributed by atoms with van der Waals surface area (Å²) in [5.74, 6) is 1.63. The summed E-state index contributed by atoms with van der Waals surface area (Å²) in [4.78, 5) is 16.0. The van der Waals surface area contributed by atoms with Gasteiger partial charge in [-0.2, -0.15) is 4.31 Å². The lowest BCUT2D eigenvalue weighted by molar-refractivity contribution is 0.172. The van der Waals surface area contributed by atoms with Crippen LogP contribution in [0, 0.1) is 0 Å². The monoisotopic (exact) mass is 508 g/mol. The van der Waals surface area contributed by atoms with E-state index in [1.807, 2.05) is 12.1 Å². The molecule has 8 nitrogen and oxygen atoms in total. The molecule has 2 aromatic carbocycles. The van der Waals surface area contributed by atoms with E-state index in [0.29, 0.717) is 41.6 Å². The summed E-state index contributed by atoms with van der Waals surface area (Å²) in [5.41, 5.74) is 1.44. The highest BCUT2D eigenvalue weighted by atomic mass is 32.2. The first-order valence-electron chi connectivity index (χ1n) is 11.7. The van der Waals surface area contributed by atoms with Crippen molar-refractivity contribution >= 4 is 20.9 Å². The van der Waals surface area contributed by atoms with Crippen molar-refractivity contribution in [2.45, 2.75) is 44.2 Å². The molecule has 1 N–H and O–H groups in total. The van der Waals surface area contributed by atoms with Crippen LogP contribution in [-0.4, -0.2) is 30.9 Å². The van der Waals surface area contributed by atoms with Crippen LogP contribution in [-0.2, 0) is 28.5 Å². The van der Waals surface area contributed by atoms with Crippen LogP contribution in [0.4, 0.5) is 0 Å². The van der Waals surface area contributed by atoms with Crippen molar-refractivity contribution in [2.24, 2.45) is 0 Å². The van der Waals surface area contributed by atoms with Gasteiger partial charge in [0.15, 0.2) is 11.5 Å². The fourth-order valence-electron chi connectivity index (χ4n) is 4.17. The van der Waals surface area contributed by atoms with Gasteiger partial charge in [0.2, 0.25) is 10.0 Å². The van der Waals surface area contributed by atoms with Gasteiger partial charge in [-0.1, -0.05) is 32.9 Å². The topological polar surface area (TPSA) is 102 Å². The average Bonchev–Trinajstić information content (AvgIpc) is 3.35. The van der Waals surface area contributed by atoms with E-state index in [9.17, 15) is 13.2 Å². The SMILES string of the molecule is CC(C)(C)c1ccc(S(=O)(=O)N(Cc2ccco2)Cc2cc3cc4c(cc3[nH]c2=O)OCCO4)cc1. The third-order valence-corrected chi connectivity index (χ3v) is 8.01. The zero-order valence-corrected chi connectivity index (χ0v) is 21.2. The van der Waals surface area contributed by atoms with E-state index in [1.54, 1.807) is 42.5 Å². The largest absolute Gasteiger partial charge is 0.486 e. The highest BCUT2D eigenvalue weighted by Crippen LogP contribution is 2.34. The van der Waals surface area contributed by atoms with Gasteiger partial charge in [0.25, 0.3) is 5.56 Å². The summed E-state index contributed by atoms with van der Waals surface area (Å²) < 4.78 is 45.4. The van der Waals surface area contributed by atoms with Crippen molar-refractivity contribution in [1.29, 1.82) is 0 Å². The van der Waals surface area contributed by atoms with Gasteiger partial charge >= 0.3 is 0 Å². The van der Waals surface area contributed by atoms with Crippen molar-refractivity contribution < 1.29 is 22.3 Å². The number of aromatic nitrogens is 1. The zero-order chi connectivity index (χ0) is 25.5. The fourth-order valence-corrected chi connectivity index (χ4v) is 5.56. The number of hydrogen-bond donors (Lipinski definition) is 1. The molecule has 0 fully saturated rings. The van der Waals surface area contributed by atoms with Gasteiger partial charge in [0.1, 0.15) is 19.0 Å². The number of pyridine rings is 1. The van der Waals surface area contributed by atoms with Gasteiger partial charge in [-0.3, -0.25) is 4.79 Å². The van der Waals surface area contributed by atoms with Crippen LogP contribution in [0.5, 0.6) is 11.5 Å². The van der Waals surface area contributed by atoms with Crippen LogP contribution in [0.3, 0.4) is 0 Å². The molecule has 0 radical (unpaired) electrons. The summed E-state index contributed by atoms with van der Waals surface area (Å²) in [6.07, 6.45) is 1.49. The summed E-state index contributed by atoms with van der Waals surface area (Å²) in [7, 11) is -3.95. The molecule has 36 heavy (non-hydrogen) atoms. The number of H-pyrrole nitrogens is 1. The molecule has 2 aromatic heterocycles. The van der Waals surface area contributed by atoms with Crippen LogP contribution in [0.2, 0.25) is 0 Å². The Bertz CT molecular complexity index is 1550. The number of rotatable bonds is 6. The first-order chi connectivity index (χ1) is 17.1. The number of sulfonamides is 1. The Balaban J connectivity index is 1.53. The molecule has 0 saturated carbocycles. The molecule has 0 bridgehead atoms. The minimum atomic E-state index is -3.95. The van der Waals surface area contributed by atoms with E-state index in [1.165, 1.54) is 10.6 Å². The average molecular weight is 509 g/mol. The first-order valence-corrected chi connectivity index (χ1v) is 13.1. The quantitative estimate of drug-likeness (QED) is 0.409. The van der Waals surface area contributed by atoms with E-state index in [2.05, 4.69) is 25.8 Å². The van der Waals surface area contributed by atoms with Crippen LogP contribution >= 0.6 is 0 Å². The van der Waals surface area contributed by atoms with Crippen LogP contribution < -0.4 is 15.0 Å². The summed E-state index contributed by atoms with van der Waals surface area (Å²) >= 11 is 0. The molecule has 0 atom stereocenters. The maximum Gasteiger partial charge on any atom is 0.252 e. The third kappa shape index (κ3) is 4.76. The van der Waals surface area contributed by atoms with E-state index >= 15 is 0 Å². The predicted octanol–water partition coefficient (Wildman–Crippen LogP) is 4.58. The number of nitrogens with zero attached hydrogens (tertiary/aromatic N) is 1. The Labute approximate surface area is 209 Å². The van der Waals surface area contributed by atoms with E-state index < -0.39 is 10.0 Å². The summed E-state index contributed by atoms with van der Waals surface area (Å²) in [6, 6.07) is 15.5. The molecule has 9 heteroatoms. The van der Waals surface area contributed by atoms with Gasteiger partial charge in [-0.15, -0.1) is 0 Å². The van der Waals surface area contributed by atoms with Gasteiger partial charge in [-0.05, 0) is 47.4 Å². The van der Waals surface area contributed by atoms with Crippen LogP contribution in [0.1, 0.15) is 37.7 Å². The van der Waals surface area contributed by atoms with Crippen molar-refractivity contribution in [1.82, 2.24) is 9.29 Å². The lowest BCUT2D eigenvalue weighted by Crippen LogP contribution is -2.32. The second-order valence-corrected chi connectivity index (χ2v) is 11.8. The van der Waals surface area contributed by atoms with E-state index in [0.717, 1.165) is 10.9 Å². The smallest absolute Gasteiger partial charge is 0.252 e. The van der Waals surface area contributed by atoms with E-state index in [-0.39, 0.29) is 29.0 Å². The maximum absolute atomic E-state index is 13.7. The molecule has 1 aliphatic heterocycles. The van der Waals surface area contributed by atoms with Crippen LogP contribution in [0.25, 0.3) is 10.9 Å². The van der Waals surface area contributed by atoms with E-state index in [4.69, 9.17) is 13.9 Å². The Morgan fingerprint density at radius 3 is 2.28 bits per heavy atom. The second-order valence-electron chi connectivity index (χ2n) is 9.83. The molecular formula is C27H28N2O6S. The third-order valence-electron chi connectivity index (χ3n) is 6.20. The Morgan fingerprint density at radius 1 is 0.944 bits per heavy atom. The summed E-state index contributed by atoms with van der Waals surface area (Å²) in [6.45, 7) is 6.94. The molecule has 0 unspecified atom stereocenters. The van der Waals surface area contributed by atoms with Crippen molar-refractivity contribution in [2.75, 3.05) is 13.2 Å². The van der Waals surface area contributed by atoms with Crippen molar-refractivity contribution in [3.63, 3.8) is 0 Å². The molecular weight excluding hydrogens is 480 g/mol. The highest BCUT2D eigenvalue weighted by molar-refractivity contribution is 7.89. The normalized spacial score (nSPS) is 13.9. The van der Waals surface area contributed by atoms with Gasteiger partial charge in [-0.25, -0.2) is 8.42 Å². The minimum absolute atomic E-state index is 0.0189. The second kappa shape index (κ2) is 9.15. The fraction of sp³-hybridized carbons (Fsp3) is 0.296. The Morgan fingerprint density at radius 2 is 1.64 bits per heavy atom. The van der Waals surface area contributed by atoms with Gasteiger partial charge in [0.05, 0.1) is 23.2 Å². The van der Waals surface area contributed by atoms with Crippen molar-refractivity contribution in [3.8, 4) is 11.5 Å². The van der Waals surface area contributed by atoms with Crippen molar-refractivity contribution in [3.05, 3.63) is 88.1 Å². The number of aromatic amines is 1. The zero-order valence-electron chi connectivity index (χ0n) is 20.4. The molecule has 4 aromatic rings. The number of benzene rings is 2. The van der Waals surface area contributed by atoms with Crippen LogP contribution in [0.15, 0.2) is 75.0 Å². The molecule has 0 amide bonds. The first kappa shape index (κ1) is 24.1. The number of ether oxygens (including phenoxy) is 2. The number of fused-ring (bicyclic) bond motifs is 2. The molecule has 3 heterocycles. The lowest BCUT2D eigenvalue weighted by atomic mass is 9.87. The Kier molecular flexibility index (Phi) is 6.13. The molecule has 0 aliphatic carbocycles.